The lowest BCUT2D eigenvalue weighted by molar-refractivity contribution is 0.254. The first-order valence-electron chi connectivity index (χ1n) is 11.3. The molecule has 0 amide bonds. The summed E-state index contributed by atoms with van der Waals surface area (Å²) in [6.07, 6.45) is 2.13. The van der Waals surface area contributed by atoms with Crippen LogP contribution >= 0.6 is 11.8 Å². The maximum Gasteiger partial charge on any atom is 0.214 e. The van der Waals surface area contributed by atoms with Gasteiger partial charge in [0.2, 0.25) is 5.88 Å². The van der Waals surface area contributed by atoms with E-state index in [0.29, 0.717) is 17.7 Å². The van der Waals surface area contributed by atoms with Crippen molar-refractivity contribution in [3.63, 3.8) is 0 Å². The van der Waals surface area contributed by atoms with Crippen LogP contribution in [0.25, 0.3) is 11.4 Å². The van der Waals surface area contributed by atoms with E-state index in [2.05, 4.69) is 80.4 Å². The molecule has 0 aliphatic heterocycles. The van der Waals surface area contributed by atoms with Crippen molar-refractivity contribution in [2.24, 2.45) is 0 Å². The van der Waals surface area contributed by atoms with Crippen LogP contribution < -0.4 is 15.0 Å². The summed E-state index contributed by atoms with van der Waals surface area (Å²) in [5.41, 5.74) is 4.20. The van der Waals surface area contributed by atoms with Crippen LogP contribution in [0.15, 0.2) is 24.3 Å². The zero-order valence-corrected chi connectivity index (χ0v) is 22.1. The number of anilines is 1. The van der Waals surface area contributed by atoms with Gasteiger partial charge in [0, 0.05) is 38.0 Å². The van der Waals surface area contributed by atoms with Crippen LogP contribution in [-0.2, 0) is 5.41 Å². The smallest absolute Gasteiger partial charge is 0.214 e. The first-order valence-corrected chi connectivity index (χ1v) is 12.5. The van der Waals surface area contributed by atoms with Crippen molar-refractivity contribution >= 4 is 17.6 Å². The molecule has 0 spiro atoms. The van der Waals surface area contributed by atoms with Gasteiger partial charge in [0.15, 0.2) is 0 Å². The molecule has 2 rings (SSSR count). The molecule has 1 atom stereocenters. The minimum absolute atomic E-state index is 0.00546. The van der Waals surface area contributed by atoms with Gasteiger partial charge in [-0.1, -0.05) is 20.8 Å². The zero-order chi connectivity index (χ0) is 23.9. The number of pyridine rings is 2. The Balaban J connectivity index is 2.54. The number of hydrogen-bond acceptors (Lipinski definition) is 7. The second kappa shape index (κ2) is 11.9. The second-order valence-corrected chi connectivity index (χ2v) is 10.7. The maximum atomic E-state index is 6.03. The molecule has 0 aliphatic carbocycles. The number of rotatable bonds is 11. The van der Waals surface area contributed by atoms with Gasteiger partial charge in [0.1, 0.15) is 12.4 Å². The molecule has 6 nitrogen and oxygen atoms in total. The fourth-order valence-electron chi connectivity index (χ4n) is 3.10. The van der Waals surface area contributed by atoms with Gasteiger partial charge >= 0.3 is 0 Å². The van der Waals surface area contributed by atoms with Gasteiger partial charge in [-0.15, -0.1) is 0 Å². The number of nitrogens with zero attached hydrogens (tertiary/aromatic N) is 4. The Kier molecular flexibility index (Phi) is 9.80. The van der Waals surface area contributed by atoms with E-state index < -0.39 is 0 Å². The van der Waals surface area contributed by atoms with Crippen LogP contribution in [-0.4, -0.2) is 75.6 Å². The number of hydrogen-bond donors (Lipinski definition) is 1. The van der Waals surface area contributed by atoms with E-state index in [9.17, 15) is 0 Å². The van der Waals surface area contributed by atoms with Gasteiger partial charge in [-0.2, -0.15) is 11.8 Å². The fourth-order valence-corrected chi connectivity index (χ4v) is 3.51. The monoisotopic (exact) mass is 459 g/mol. The molecule has 0 saturated heterocycles. The van der Waals surface area contributed by atoms with Crippen LogP contribution in [0.4, 0.5) is 5.82 Å². The van der Waals surface area contributed by atoms with Crippen molar-refractivity contribution in [1.29, 1.82) is 0 Å². The summed E-state index contributed by atoms with van der Waals surface area (Å²) in [5.74, 6) is 1.62. The van der Waals surface area contributed by atoms with E-state index in [1.807, 2.05) is 32.9 Å². The second-order valence-electron chi connectivity index (χ2n) is 9.53. The Bertz CT molecular complexity index is 866. The molecule has 32 heavy (non-hydrogen) atoms. The first kappa shape index (κ1) is 26.4. The maximum absolute atomic E-state index is 6.03. The van der Waals surface area contributed by atoms with E-state index in [1.54, 1.807) is 0 Å². The molecule has 0 saturated carbocycles. The van der Waals surface area contributed by atoms with Gasteiger partial charge in [0.25, 0.3) is 0 Å². The predicted octanol–water partition coefficient (Wildman–Crippen LogP) is 4.46. The van der Waals surface area contributed by atoms with Crippen LogP contribution in [0, 0.1) is 0 Å². The average Bonchev–Trinajstić information content (AvgIpc) is 2.75. The Morgan fingerprint density at radius 1 is 1.03 bits per heavy atom. The highest BCUT2D eigenvalue weighted by molar-refractivity contribution is 7.98. The molecule has 1 unspecified atom stereocenters. The van der Waals surface area contributed by atoms with E-state index in [1.165, 1.54) is 11.1 Å². The summed E-state index contributed by atoms with van der Waals surface area (Å²) in [6.45, 7) is 12.1. The quantitative estimate of drug-likeness (QED) is 0.532. The normalized spacial score (nSPS) is 12.8. The lowest BCUT2D eigenvalue weighted by atomic mass is 9.87. The van der Waals surface area contributed by atoms with E-state index in [-0.39, 0.29) is 5.41 Å². The first-order chi connectivity index (χ1) is 15.0. The number of nitrogens with one attached hydrogen (secondary N) is 1. The third-order valence-corrected chi connectivity index (χ3v) is 6.44. The Labute approximate surface area is 199 Å². The molecule has 2 heterocycles. The minimum atomic E-state index is 0.00546. The summed E-state index contributed by atoms with van der Waals surface area (Å²) in [4.78, 5) is 14.2. The molecule has 0 bridgehead atoms. The lowest BCUT2D eigenvalue weighted by Crippen LogP contribution is -2.28. The Hall–Kier alpha value is -1.83. The predicted molar refractivity (Wildman–Crippen MR) is 139 cm³/mol. The third kappa shape index (κ3) is 7.64. The molecule has 1 N–H and O–H groups in total. The molecule has 2 aromatic heterocycles. The summed E-state index contributed by atoms with van der Waals surface area (Å²) < 4.78 is 6.03. The van der Waals surface area contributed by atoms with Gasteiger partial charge in [-0.3, -0.25) is 0 Å². The molecule has 2 aromatic rings. The molecule has 0 fully saturated rings. The Morgan fingerprint density at radius 2 is 1.72 bits per heavy atom. The standard InChI is InChI=1S/C25H41N5OS/c1-18(32-9)19-14-21(28-24(15-19)31-13-12-29(6)7)22-16-20(25(2,3)4)17-23(27-22)30(8)11-10-26-5/h14-18,26H,10-13H2,1-9H3. The summed E-state index contributed by atoms with van der Waals surface area (Å²) in [5, 5.41) is 3.56. The van der Waals surface area contributed by atoms with Crippen molar-refractivity contribution in [2.75, 3.05) is 65.6 Å². The number of likely N-dealkylation sites (N-methyl/N-ethyl adjacent to an activating group) is 3. The molecule has 0 radical (unpaired) electrons. The largest absolute Gasteiger partial charge is 0.476 e. The van der Waals surface area contributed by atoms with Crippen molar-refractivity contribution in [2.45, 2.75) is 38.4 Å². The molecule has 0 aliphatic rings. The van der Waals surface area contributed by atoms with Crippen molar-refractivity contribution < 1.29 is 4.74 Å². The van der Waals surface area contributed by atoms with Gasteiger partial charge in [0.05, 0.1) is 11.4 Å². The summed E-state index contributed by atoms with van der Waals surface area (Å²) >= 11 is 1.82. The molecule has 178 valence electrons. The summed E-state index contributed by atoms with van der Waals surface area (Å²) in [7, 11) is 8.15. The van der Waals surface area contributed by atoms with Crippen molar-refractivity contribution in [1.82, 2.24) is 20.2 Å². The zero-order valence-electron chi connectivity index (χ0n) is 21.3. The number of ether oxygens (including phenoxy) is 1. The highest BCUT2D eigenvalue weighted by Crippen LogP contribution is 2.33. The SMILES string of the molecule is CNCCN(C)c1cc(C(C)(C)C)cc(-c2cc(C(C)SC)cc(OCCN(C)C)n2)n1. The lowest BCUT2D eigenvalue weighted by Gasteiger charge is -2.25. The van der Waals surface area contributed by atoms with Gasteiger partial charge < -0.3 is 19.9 Å². The molecular weight excluding hydrogens is 418 g/mol. The van der Waals surface area contributed by atoms with E-state index in [0.717, 1.165) is 36.8 Å². The van der Waals surface area contributed by atoms with Crippen molar-refractivity contribution in [3.8, 4) is 17.3 Å². The molecule has 0 aromatic carbocycles. The average molecular weight is 460 g/mol. The number of thioether (sulfide) groups is 1. The van der Waals surface area contributed by atoms with Crippen LogP contribution in [0.2, 0.25) is 0 Å². The van der Waals surface area contributed by atoms with E-state index in [4.69, 9.17) is 14.7 Å². The van der Waals surface area contributed by atoms with Crippen LogP contribution in [0.5, 0.6) is 5.88 Å². The Morgan fingerprint density at radius 3 is 2.31 bits per heavy atom. The number of aromatic nitrogens is 2. The molecular formula is C25H41N5OS. The third-order valence-electron chi connectivity index (χ3n) is 5.46. The minimum Gasteiger partial charge on any atom is -0.476 e. The molecule has 7 heteroatoms. The highest BCUT2D eigenvalue weighted by atomic mass is 32.2. The van der Waals surface area contributed by atoms with Gasteiger partial charge in [-0.25, -0.2) is 9.97 Å². The van der Waals surface area contributed by atoms with E-state index >= 15 is 0 Å². The van der Waals surface area contributed by atoms with Crippen LogP contribution in [0.1, 0.15) is 44.1 Å². The van der Waals surface area contributed by atoms with Gasteiger partial charge in [-0.05, 0) is 69.1 Å². The summed E-state index contributed by atoms with van der Waals surface area (Å²) in [6, 6.07) is 8.59. The highest BCUT2D eigenvalue weighted by Gasteiger charge is 2.20. The van der Waals surface area contributed by atoms with Crippen LogP contribution in [0.3, 0.4) is 0 Å². The topological polar surface area (TPSA) is 53.5 Å². The fraction of sp³-hybridized carbons (Fsp3) is 0.600. The van der Waals surface area contributed by atoms with Crippen molar-refractivity contribution in [3.05, 3.63) is 35.4 Å².